The van der Waals surface area contributed by atoms with Gasteiger partial charge in [-0.25, -0.2) is 0 Å². The second-order valence-corrected chi connectivity index (χ2v) is 9.07. The molecule has 0 atom stereocenters. The molecule has 0 spiro atoms. The van der Waals surface area contributed by atoms with Crippen molar-refractivity contribution in [3.8, 4) is 6.07 Å². The average Bonchev–Trinajstić information content (AvgIpc) is 3.00. The van der Waals surface area contributed by atoms with Gasteiger partial charge in [-0.3, -0.25) is 4.79 Å². The van der Waals surface area contributed by atoms with Crippen LogP contribution >= 0.6 is 34.9 Å². The zero-order valence-electron chi connectivity index (χ0n) is 14.5. The second kappa shape index (κ2) is 9.80. The Balaban J connectivity index is 2.08. The Labute approximate surface area is 160 Å². The smallest absolute Gasteiger partial charge is 0.237 e. The van der Waals surface area contributed by atoms with Gasteiger partial charge in [0, 0.05) is 12.2 Å². The molecule has 1 amide bonds. The largest absolute Gasteiger partial charge is 0.311 e. The number of nitriles is 1. The van der Waals surface area contributed by atoms with E-state index in [1.807, 2.05) is 26.0 Å². The van der Waals surface area contributed by atoms with Gasteiger partial charge in [0.05, 0.1) is 18.2 Å². The number of rotatable bonds is 8. The van der Waals surface area contributed by atoms with Crippen LogP contribution in [0.1, 0.15) is 24.5 Å². The van der Waals surface area contributed by atoms with Crippen LogP contribution in [0.5, 0.6) is 0 Å². The van der Waals surface area contributed by atoms with Crippen molar-refractivity contribution < 1.29 is 4.79 Å². The molecule has 1 aromatic heterocycles. The maximum absolute atomic E-state index is 12.7. The highest BCUT2D eigenvalue weighted by molar-refractivity contribution is 8.03. The first kappa shape index (κ1) is 19.8. The lowest BCUT2D eigenvalue weighted by molar-refractivity contribution is -0.116. The molecule has 0 saturated carbocycles. The summed E-state index contributed by atoms with van der Waals surface area (Å²) in [4.78, 5) is 14.4. The van der Waals surface area contributed by atoms with Crippen LogP contribution in [-0.2, 0) is 4.79 Å². The van der Waals surface area contributed by atoms with Crippen molar-refractivity contribution in [2.75, 3.05) is 23.0 Å². The molecule has 132 valence electrons. The van der Waals surface area contributed by atoms with Crippen molar-refractivity contribution >= 4 is 46.5 Å². The molecule has 0 bridgehead atoms. The molecular weight excluding hydrogens is 372 g/mol. The lowest BCUT2D eigenvalue weighted by Crippen LogP contribution is -2.33. The number of anilines is 1. The Kier molecular flexibility index (Phi) is 7.75. The van der Waals surface area contributed by atoms with Gasteiger partial charge in [0.15, 0.2) is 8.68 Å². The maximum atomic E-state index is 12.7. The van der Waals surface area contributed by atoms with Gasteiger partial charge in [0.2, 0.25) is 5.91 Å². The van der Waals surface area contributed by atoms with Crippen molar-refractivity contribution in [2.24, 2.45) is 0 Å². The molecule has 0 aliphatic heterocycles. The maximum Gasteiger partial charge on any atom is 0.237 e. The van der Waals surface area contributed by atoms with Crippen LogP contribution in [0.25, 0.3) is 0 Å². The SMILES string of the molecule is CCSc1nnc(SCC(=O)N(CCC#N)c2cc(C)cc(C)c2)s1. The van der Waals surface area contributed by atoms with Crippen LogP contribution in [0, 0.1) is 25.2 Å². The number of carbonyl (C=O) groups excluding carboxylic acids is 1. The van der Waals surface area contributed by atoms with Crippen LogP contribution in [0.3, 0.4) is 0 Å². The molecule has 0 aliphatic carbocycles. The zero-order valence-corrected chi connectivity index (χ0v) is 16.9. The van der Waals surface area contributed by atoms with E-state index < -0.39 is 0 Å². The summed E-state index contributed by atoms with van der Waals surface area (Å²) in [6.07, 6.45) is 0.305. The van der Waals surface area contributed by atoms with Crippen molar-refractivity contribution in [3.63, 3.8) is 0 Å². The average molecular weight is 393 g/mol. The quantitative estimate of drug-likeness (QED) is 0.624. The number of aryl methyl sites for hydroxylation is 2. The number of hydrogen-bond donors (Lipinski definition) is 0. The normalized spacial score (nSPS) is 10.5. The van der Waals surface area contributed by atoms with Gasteiger partial charge in [0.1, 0.15) is 0 Å². The van der Waals surface area contributed by atoms with Gasteiger partial charge < -0.3 is 4.90 Å². The molecule has 2 rings (SSSR count). The van der Waals surface area contributed by atoms with E-state index in [2.05, 4.69) is 29.3 Å². The van der Waals surface area contributed by atoms with E-state index in [1.54, 1.807) is 16.7 Å². The van der Waals surface area contributed by atoms with Gasteiger partial charge in [-0.2, -0.15) is 5.26 Å². The first-order chi connectivity index (χ1) is 12.0. The van der Waals surface area contributed by atoms with E-state index in [0.717, 1.165) is 31.2 Å². The lowest BCUT2D eigenvalue weighted by Gasteiger charge is -2.22. The highest BCUT2D eigenvalue weighted by Gasteiger charge is 2.17. The summed E-state index contributed by atoms with van der Waals surface area (Å²) in [5.74, 6) is 1.21. The van der Waals surface area contributed by atoms with Gasteiger partial charge >= 0.3 is 0 Å². The summed E-state index contributed by atoms with van der Waals surface area (Å²) < 4.78 is 1.72. The van der Waals surface area contributed by atoms with Crippen LogP contribution in [0.15, 0.2) is 26.9 Å². The molecule has 0 N–H and O–H groups in total. The molecule has 8 heteroatoms. The highest BCUT2D eigenvalue weighted by atomic mass is 32.2. The molecule has 0 radical (unpaired) electrons. The van der Waals surface area contributed by atoms with Crippen molar-refractivity contribution in [1.82, 2.24) is 10.2 Å². The third-order valence-electron chi connectivity index (χ3n) is 3.24. The number of hydrogen-bond acceptors (Lipinski definition) is 7. The monoisotopic (exact) mass is 392 g/mol. The van der Waals surface area contributed by atoms with E-state index in [9.17, 15) is 4.79 Å². The molecule has 0 fully saturated rings. The Morgan fingerprint density at radius 1 is 1.20 bits per heavy atom. The number of benzene rings is 1. The van der Waals surface area contributed by atoms with Crippen LogP contribution < -0.4 is 4.90 Å². The highest BCUT2D eigenvalue weighted by Crippen LogP contribution is 2.29. The fourth-order valence-electron chi connectivity index (χ4n) is 2.30. The number of aromatic nitrogens is 2. The van der Waals surface area contributed by atoms with E-state index >= 15 is 0 Å². The molecular formula is C17H20N4OS3. The molecule has 1 heterocycles. The van der Waals surface area contributed by atoms with Gasteiger partial charge in [-0.15, -0.1) is 10.2 Å². The van der Waals surface area contributed by atoms with E-state index in [0.29, 0.717) is 13.0 Å². The minimum atomic E-state index is -0.0230. The predicted molar refractivity (Wildman–Crippen MR) is 106 cm³/mol. The summed E-state index contributed by atoms with van der Waals surface area (Å²) in [5.41, 5.74) is 3.04. The molecule has 0 saturated heterocycles. The van der Waals surface area contributed by atoms with Gasteiger partial charge in [-0.1, -0.05) is 47.9 Å². The molecule has 2 aromatic rings. The van der Waals surface area contributed by atoms with Gasteiger partial charge in [-0.05, 0) is 42.9 Å². The zero-order chi connectivity index (χ0) is 18.2. The summed E-state index contributed by atoms with van der Waals surface area (Å²) in [6.45, 7) is 6.48. The third-order valence-corrected chi connectivity index (χ3v) is 6.30. The lowest BCUT2D eigenvalue weighted by atomic mass is 10.1. The first-order valence-electron chi connectivity index (χ1n) is 7.88. The molecule has 0 aliphatic rings. The van der Waals surface area contributed by atoms with E-state index in [-0.39, 0.29) is 11.7 Å². The van der Waals surface area contributed by atoms with Crippen LogP contribution in [0.2, 0.25) is 0 Å². The van der Waals surface area contributed by atoms with Crippen LogP contribution in [0.4, 0.5) is 5.69 Å². The van der Waals surface area contributed by atoms with E-state index in [1.165, 1.54) is 23.1 Å². The number of nitrogens with zero attached hydrogens (tertiary/aromatic N) is 4. The third kappa shape index (κ3) is 6.03. The summed E-state index contributed by atoms with van der Waals surface area (Å²) in [7, 11) is 0. The first-order valence-corrected chi connectivity index (χ1v) is 10.7. The van der Waals surface area contributed by atoms with Crippen molar-refractivity contribution in [2.45, 2.75) is 35.9 Å². The fourth-order valence-corrected chi connectivity index (χ4v) is 5.10. The molecule has 1 aromatic carbocycles. The number of thioether (sulfide) groups is 2. The second-order valence-electron chi connectivity index (χ2n) is 5.35. The fraction of sp³-hybridized carbons (Fsp3) is 0.412. The molecule has 5 nitrogen and oxygen atoms in total. The Morgan fingerprint density at radius 3 is 2.44 bits per heavy atom. The van der Waals surface area contributed by atoms with Crippen molar-refractivity contribution in [1.29, 1.82) is 5.26 Å². The Bertz CT molecular complexity index is 749. The van der Waals surface area contributed by atoms with E-state index in [4.69, 9.17) is 5.26 Å². The molecule has 0 unspecified atom stereocenters. The number of carbonyl (C=O) groups is 1. The number of amides is 1. The minimum absolute atomic E-state index is 0.0230. The topological polar surface area (TPSA) is 69.9 Å². The van der Waals surface area contributed by atoms with Crippen molar-refractivity contribution in [3.05, 3.63) is 29.3 Å². The minimum Gasteiger partial charge on any atom is -0.311 e. The Hall–Kier alpha value is -1.56. The predicted octanol–water partition coefficient (Wildman–Crippen LogP) is 4.31. The summed E-state index contributed by atoms with van der Waals surface area (Å²) >= 11 is 4.56. The van der Waals surface area contributed by atoms with Gasteiger partial charge in [0.25, 0.3) is 0 Å². The summed E-state index contributed by atoms with van der Waals surface area (Å²) in [5, 5.41) is 17.1. The standard InChI is InChI=1S/C17H20N4OS3/c1-4-23-16-19-20-17(25-16)24-11-15(22)21(7-5-6-18)14-9-12(2)8-13(3)10-14/h8-10H,4-5,7,11H2,1-3H3. The summed E-state index contributed by atoms with van der Waals surface area (Å²) in [6, 6.07) is 8.15. The Morgan fingerprint density at radius 2 is 1.84 bits per heavy atom. The van der Waals surface area contributed by atoms with Crippen LogP contribution in [-0.4, -0.2) is 34.2 Å². The molecule has 25 heavy (non-hydrogen) atoms.